The summed E-state index contributed by atoms with van der Waals surface area (Å²) >= 11 is 0. The molecule has 2 heterocycles. The van der Waals surface area contributed by atoms with E-state index in [0.717, 1.165) is 24.9 Å². The Morgan fingerprint density at radius 3 is 2.69 bits per heavy atom. The van der Waals surface area contributed by atoms with Crippen LogP contribution in [-0.4, -0.2) is 44.7 Å². The fraction of sp³-hybridized carbons (Fsp3) is 0.556. The van der Waals surface area contributed by atoms with Gasteiger partial charge in [-0.2, -0.15) is 4.80 Å². The summed E-state index contributed by atoms with van der Waals surface area (Å²) < 4.78 is 0. The van der Waals surface area contributed by atoms with Gasteiger partial charge in [-0.1, -0.05) is 44.2 Å². The minimum Gasteiger partial charge on any atom is -0.350 e. The van der Waals surface area contributed by atoms with Crippen LogP contribution in [0, 0.1) is 5.92 Å². The number of rotatable bonds is 5. The lowest BCUT2D eigenvalue weighted by atomic mass is 9.98. The lowest BCUT2D eigenvalue weighted by Gasteiger charge is -2.32. The Bertz CT molecular complexity index is 705. The highest BCUT2D eigenvalue weighted by Crippen LogP contribution is 2.20. The second kappa shape index (κ2) is 9.09. The number of hydrogen-bond donors (Lipinski definition) is 2. The molecule has 1 aliphatic heterocycles. The monoisotopic (exact) mass is 378 g/mol. The number of hydrogen-bond acceptors (Lipinski definition) is 5. The van der Waals surface area contributed by atoms with Gasteiger partial charge in [0, 0.05) is 17.6 Å². The smallest absolute Gasteiger partial charge is 0.247 e. The van der Waals surface area contributed by atoms with E-state index in [9.17, 15) is 4.79 Å². The summed E-state index contributed by atoms with van der Waals surface area (Å²) in [5.41, 5.74) is 0.891. The van der Waals surface area contributed by atoms with Crippen molar-refractivity contribution in [3.05, 3.63) is 30.3 Å². The molecule has 26 heavy (non-hydrogen) atoms. The summed E-state index contributed by atoms with van der Waals surface area (Å²) in [6.07, 6.45) is 2.06. The number of nitrogens with zero attached hydrogens (tertiary/aromatic N) is 4. The van der Waals surface area contributed by atoms with Crippen molar-refractivity contribution in [2.45, 2.75) is 51.7 Å². The number of halogens is 1. The van der Waals surface area contributed by atoms with Crippen molar-refractivity contribution in [2.75, 3.05) is 6.54 Å². The zero-order valence-electron chi connectivity index (χ0n) is 15.4. The van der Waals surface area contributed by atoms with E-state index >= 15 is 0 Å². The molecule has 0 bridgehead atoms. The molecule has 1 aliphatic rings. The van der Waals surface area contributed by atoms with E-state index in [0.29, 0.717) is 5.82 Å². The van der Waals surface area contributed by atoms with Gasteiger partial charge in [0.15, 0.2) is 6.04 Å². The van der Waals surface area contributed by atoms with E-state index in [-0.39, 0.29) is 36.3 Å². The molecule has 3 rings (SSSR count). The molecule has 0 spiro atoms. The largest absolute Gasteiger partial charge is 0.350 e. The molecule has 8 heteroatoms. The first-order valence-corrected chi connectivity index (χ1v) is 8.95. The number of carbonyl (C=O) groups is 1. The summed E-state index contributed by atoms with van der Waals surface area (Å²) in [5, 5.41) is 19.3. The first kappa shape index (κ1) is 20.3. The third-order valence-electron chi connectivity index (χ3n) is 4.70. The minimum atomic E-state index is -0.473. The molecule has 0 saturated carbocycles. The molecule has 142 valence electrons. The van der Waals surface area contributed by atoms with Crippen LogP contribution >= 0.6 is 12.4 Å². The fourth-order valence-electron chi connectivity index (χ4n) is 3.23. The van der Waals surface area contributed by atoms with Crippen LogP contribution in [0.15, 0.2) is 30.3 Å². The lowest BCUT2D eigenvalue weighted by molar-refractivity contribution is -0.127. The molecule has 1 amide bonds. The van der Waals surface area contributed by atoms with Crippen molar-refractivity contribution in [3.63, 3.8) is 0 Å². The van der Waals surface area contributed by atoms with Crippen molar-refractivity contribution >= 4 is 18.3 Å². The van der Waals surface area contributed by atoms with Gasteiger partial charge in [0.05, 0.1) is 0 Å². The Morgan fingerprint density at radius 2 is 2.04 bits per heavy atom. The third-order valence-corrected chi connectivity index (χ3v) is 4.70. The summed E-state index contributed by atoms with van der Waals surface area (Å²) in [5.74, 6) is 0.545. The van der Waals surface area contributed by atoms with E-state index < -0.39 is 6.04 Å². The van der Waals surface area contributed by atoms with Crippen molar-refractivity contribution in [3.8, 4) is 11.4 Å². The van der Waals surface area contributed by atoms with Crippen LogP contribution in [-0.2, 0) is 4.79 Å². The van der Waals surface area contributed by atoms with Crippen LogP contribution < -0.4 is 10.6 Å². The summed E-state index contributed by atoms with van der Waals surface area (Å²) in [7, 11) is 0. The van der Waals surface area contributed by atoms with Crippen molar-refractivity contribution in [2.24, 2.45) is 5.92 Å². The molecular weight excluding hydrogens is 352 g/mol. The summed E-state index contributed by atoms with van der Waals surface area (Å²) in [6, 6.07) is 9.60. The maximum atomic E-state index is 12.9. The van der Waals surface area contributed by atoms with E-state index in [2.05, 4.69) is 33.0 Å². The predicted octanol–water partition coefficient (Wildman–Crippen LogP) is 2.22. The highest BCUT2D eigenvalue weighted by molar-refractivity contribution is 5.85. The van der Waals surface area contributed by atoms with Gasteiger partial charge < -0.3 is 10.6 Å². The average molecular weight is 379 g/mol. The topological polar surface area (TPSA) is 84.7 Å². The highest BCUT2D eigenvalue weighted by Gasteiger charge is 2.31. The number of benzene rings is 1. The second-order valence-electron chi connectivity index (χ2n) is 6.99. The van der Waals surface area contributed by atoms with Crippen LogP contribution in [0.4, 0.5) is 0 Å². The van der Waals surface area contributed by atoms with E-state index in [1.54, 1.807) is 0 Å². The molecule has 1 saturated heterocycles. The van der Waals surface area contributed by atoms with Crippen LogP contribution in [0.1, 0.15) is 39.7 Å². The number of carbonyl (C=O) groups excluding carboxylic acids is 1. The summed E-state index contributed by atoms with van der Waals surface area (Å²) in [4.78, 5) is 14.3. The zero-order valence-corrected chi connectivity index (χ0v) is 16.2. The average Bonchev–Trinajstić information content (AvgIpc) is 3.07. The van der Waals surface area contributed by atoms with Gasteiger partial charge in [0.25, 0.3) is 0 Å². The van der Waals surface area contributed by atoms with Crippen molar-refractivity contribution in [1.29, 1.82) is 0 Å². The normalized spacial score (nSPS) is 21.1. The number of nitrogens with one attached hydrogen (secondary N) is 2. The molecule has 1 fully saturated rings. The molecular formula is C18H27ClN6O. The van der Waals surface area contributed by atoms with Gasteiger partial charge in [0.1, 0.15) is 0 Å². The Morgan fingerprint density at radius 1 is 1.31 bits per heavy atom. The lowest BCUT2D eigenvalue weighted by Crippen LogP contribution is -2.53. The number of piperidine rings is 1. The van der Waals surface area contributed by atoms with Crippen LogP contribution in [0.25, 0.3) is 11.4 Å². The molecule has 0 aliphatic carbocycles. The van der Waals surface area contributed by atoms with Gasteiger partial charge in [-0.3, -0.25) is 4.79 Å². The quantitative estimate of drug-likeness (QED) is 0.833. The first-order valence-electron chi connectivity index (χ1n) is 8.95. The van der Waals surface area contributed by atoms with E-state index in [1.165, 1.54) is 4.80 Å². The first-order chi connectivity index (χ1) is 12.1. The zero-order chi connectivity index (χ0) is 17.8. The van der Waals surface area contributed by atoms with Gasteiger partial charge in [-0.15, -0.1) is 22.6 Å². The SMILES string of the molecule is CC(C)C(C(=O)NC1CCCNC1C)n1nnc(-c2ccccc2)n1.Cl. The van der Waals surface area contributed by atoms with Crippen LogP contribution in [0.5, 0.6) is 0 Å². The Balaban J connectivity index is 0.00000243. The Labute approximate surface area is 160 Å². The third kappa shape index (κ3) is 4.59. The molecule has 7 nitrogen and oxygen atoms in total. The fourth-order valence-corrected chi connectivity index (χ4v) is 3.23. The van der Waals surface area contributed by atoms with Crippen LogP contribution in [0.2, 0.25) is 0 Å². The number of aromatic nitrogens is 4. The molecule has 1 aromatic heterocycles. The maximum Gasteiger partial charge on any atom is 0.247 e. The van der Waals surface area contributed by atoms with Gasteiger partial charge in [-0.05, 0) is 37.4 Å². The minimum absolute atomic E-state index is 0. The second-order valence-corrected chi connectivity index (χ2v) is 6.99. The van der Waals surface area contributed by atoms with Gasteiger partial charge >= 0.3 is 0 Å². The molecule has 0 radical (unpaired) electrons. The van der Waals surface area contributed by atoms with E-state index in [1.807, 2.05) is 44.2 Å². The Hall–Kier alpha value is -1.99. The standard InChI is InChI=1S/C18H26N6O.ClH/c1-12(2)16(18(25)20-15-10-7-11-19-13(15)3)24-22-17(21-23-24)14-8-5-4-6-9-14;/h4-6,8-9,12-13,15-16,19H,7,10-11H2,1-3H3,(H,20,25);1H. The molecule has 2 aromatic rings. The van der Waals surface area contributed by atoms with Gasteiger partial charge in [-0.25, -0.2) is 0 Å². The highest BCUT2D eigenvalue weighted by atomic mass is 35.5. The van der Waals surface area contributed by atoms with Crippen molar-refractivity contribution < 1.29 is 4.79 Å². The number of amides is 1. The summed E-state index contributed by atoms with van der Waals surface area (Å²) in [6.45, 7) is 7.11. The Kier molecular flexibility index (Phi) is 7.11. The van der Waals surface area contributed by atoms with E-state index in [4.69, 9.17) is 0 Å². The predicted molar refractivity (Wildman–Crippen MR) is 103 cm³/mol. The maximum absolute atomic E-state index is 12.9. The van der Waals surface area contributed by atoms with Crippen LogP contribution in [0.3, 0.4) is 0 Å². The molecule has 3 unspecified atom stereocenters. The molecule has 3 atom stereocenters. The molecule has 2 N–H and O–H groups in total. The van der Waals surface area contributed by atoms with Crippen molar-refractivity contribution in [1.82, 2.24) is 30.8 Å². The number of tetrazole rings is 1. The van der Waals surface area contributed by atoms with Gasteiger partial charge in [0.2, 0.25) is 11.7 Å². The molecule has 1 aromatic carbocycles.